The largest absolute Gasteiger partial charge is 0.376 e. The minimum absolute atomic E-state index is 0.144. The van der Waals surface area contributed by atoms with Gasteiger partial charge in [-0.25, -0.2) is 4.79 Å². The van der Waals surface area contributed by atoms with Gasteiger partial charge >= 0.3 is 6.03 Å². The number of nitrogens with zero attached hydrogens (tertiary/aromatic N) is 1. The molecule has 0 unspecified atom stereocenters. The van der Waals surface area contributed by atoms with Gasteiger partial charge in [0.25, 0.3) is 0 Å². The normalized spacial score (nSPS) is 17.8. The lowest BCUT2D eigenvalue weighted by molar-refractivity contribution is 0.234. The fraction of sp³-hybridized carbons (Fsp3) is 0.500. The molecule has 0 atom stereocenters. The number of urea groups is 1. The molecule has 1 saturated heterocycles. The summed E-state index contributed by atoms with van der Waals surface area (Å²) in [6, 6.07) is -0.192. The molecule has 1 aliphatic heterocycles. The SMILES string of the molecule is NC(=S)N1CCNC1=O. The van der Waals surface area contributed by atoms with Crippen LogP contribution in [0.4, 0.5) is 4.79 Å². The number of thiocarbonyl (C=S) groups is 1. The van der Waals surface area contributed by atoms with E-state index in [1.807, 2.05) is 0 Å². The molecular weight excluding hydrogens is 138 g/mol. The van der Waals surface area contributed by atoms with E-state index in [0.717, 1.165) is 0 Å². The Morgan fingerprint density at radius 3 is 2.78 bits per heavy atom. The Morgan fingerprint density at radius 1 is 1.89 bits per heavy atom. The van der Waals surface area contributed by atoms with E-state index in [1.54, 1.807) is 0 Å². The second kappa shape index (κ2) is 2.18. The van der Waals surface area contributed by atoms with E-state index in [9.17, 15) is 4.79 Å². The molecule has 1 fully saturated rings. The van der Waals surface area contributed by atoms with Crippen molar-refractivity contribution in [1.29, 1.82) is 0 Å². The fourth-order valence-corrected chi connectivity index (χ4v) is 0.856. The molecule has 0 aromatic heterocycles. The molecule has 0 bridgehead atoms. The number of nitrogens with one attached hydrogen (secondary N) is 1. The summed E-state index contributed by atoms with van der Waals surface area (Å²) in [6.45, 7) is 1.23. The molecule has 0 aliphatic carbocycles. The Balaban J connectivity index is 2.60. The van der Waals surface area contributed by atoms with Gasteiger partial charge in [0.05, 0.1) is 0 Å². The van der Waals surface area contributed by atoms with Crippen molar-refractivity contribution in [2.45, 2.75) is 0 Å². The molecule has 50 valence electrons. The predicted molar refractivity (Wildman–Crippen MR) is 36.9 cm³/mol. The fourth-order valence-electron chi connectivity index (χ4n) is 0.682. The van der Waals surface area contributed by atoms with E-state index in [1.165, 1.54) is 4.90 Å². The van der Waals surface area contributed by atoms with Crippen molar-refractivity contribution < 1.29 is 4.79 Å². The molecule has 5 heteroatoms. The van der Waals surface area contributed by atoms with Crippen LogP contribution in [0.25, 0.3) is 0 Å². The lowest BCUT2D eigenvalue weighted by atomic mass is 10.6. The summed E-state index contributed by atoms with van der Waals surface area (Å²) < 4.78 is 0. The van der Waals surface area contributed by atoms with Crippen LogP contribution < -0.4 is 11.1 Å². The van der Waals surface area contributed by atoms with Gasteiger partial charge < -0.3 is 11.1 Å². The zero-order valence-corrected chi connectivity index (χ0v) is 5.57. The highest BCUT2D eigenvalue weighted by atomic mass is 32.1. The first-order valence-corrected chi connectivity index (χ1v) is 2.97. The molecule has 1 aliphatic rings. The van der Waals surface area contributed by atoms with Crippen LogP contribution in [0.2, 0.25) is 0 Å². The van der Waals surface area contributed by atoms with Gasteiger partial charge in [-0.1, -0.05) is 0 Å². The van der Waals surface area contributed by atoms with Crippen molar-refractivity contribution in [2.24, 2.45) is 5.73 Å². The Hall–Kier alpha value is -0.840. The maximum Gasteiger partial charge on any atom is 0.323 e. The van der Waals surface area contributed by atoms with Crippen molar-refractivity contribution in [3.8, 4) is 0 Å². The minimum atomic E-state index is -0.192. The first-order valence-electron chi connectivity index (χ1n) is 2.56. The quantitative estimate of drug-likeness (QED) is 0.441. The highest BCUT2D eigenvalue weighted by Gasteiger charge is 2.20. The molecule has 1 heterocycles. The van der Waals surface area contributed by atoms with Crippen LogP contribution in [0.3, 0.4) is 0 Å². The van der Waals surface area contributed by atoms with Crippen LogP contribution in [0, 0.1) is 0 Å². The Morgan fingerprint density at radius 2 is 2.56 bits per heavy atom. The summed E-state index contributed by atoms with van der Waals surface area (Å²) in [6.07, 6.45) is 0. The average molecular weight is 145 g/mol. The topological polar surface area (TPSA) is 58.4 Å². The van der Waals surface area contributed by atoms with Gasteiger partial charge in [0, 0.05) is 13.1 Å². The number of hydrogen-bond donors (Lipinski definition) is 2. The Kier molecular flexibility index (Phi) is 1.52. The standard InChI is InChI=1S/C4H7N3OS/c5-3(9)7-2-1-6-4(7)8/h1-2H2,(H2,5,9)(H,6,8). The van der Waals surface area contributed by atoms with E-state index in [2.05, 4.69) is 17.5 Å². The molecule has 2 amide bonds. The molecule has 1 rings (SSSR count). The van der Waals surface area contributed by atoms with E-state index < -0.39 is 0 Å². The molecule has 0 spiro atoms. The van der Waals surface area contributed by atoms with Crippen molar-refractivity contribution in [3.63, 3.8) is 0 Å². The van der Waals surface area contributed by atoms with Crippen LogP contribution in [0.1, 0.15) is 0 Å². The zero-order valence-electron chi connectivity index (χ0n) is 4.76. The summed E-state index contributed by atoms with van der Waals surface area (Å²) in [5.74, 6) is 0. The number of nitrogens with two attached hydrogens (primary N) is 1. The third-order valence-electron chi connectivity index (χ3n) is 1.12. The Labute approximate surface area is 58.0 Å². The third-order valence-corrected chi connectivity index (χ3v) is 1.34. The zero-order chi connectivity index (χ0) is 6.85. The van der Waals surface area contributed by atoms with Crippen molar-refractivity contribution in [3.05, 3.63) is 0 Å². The molecule has 0 aromatic rings. The molecule has 9 heavy (non-hydrogen) atoms. The van der Waals surface area contributed by atoms with Crippen molar-refractivity contribution >= 4 is 23.4 Å². The van der Waals surface area contributed by atoms with Gasteiger partial charge in [0.1, 0.15) is 0 Å². The van der Waals surface area contributed by atoms with Crippen molar-refractivity contribution in [2.75, 3.05) is 13.1 Å². The van der Waals surface area contributed by atoms with Gasteiger partial charge in [0.2, 0.25) is 0 Å². The first-order chi connectivity index (χ1) is 4.22. The number of rotatable bonds is 0. The van der Waals surface area contributed by atoms with Crippen LogP contribution in [0.5, 0.6) is 0 Å². The molecular formula is C4H7N3OS. The van der Waals surface area contributed by atoms with Gasteiger partial charge in [-0.15, -0.1) is 0 Å². The number of hydrogen-bond acceptors (Lipinski definition) is 2. The van der Waals surface area contributed by atoms with E-state index in [0.29, 0.717) is 13.1 Å². The summed E-state index contributed by atoms with van der Waals surface area (Å²) in [5.41, 5.74) is 5.18. The predicted octanol–water partition coefficient (Wildman–Crippen LogP) is -0.745. The molecule has 4 nitrogen and oxygen atoms in total. The number of amides is 2. The smallest absolute Gasteiger partial charge is 0.323 e. The second-order valence-electron chi connectivity index (χ2n) is 1.72. The highest BCUT2D eigenvalue weighted by molar-refractivity contribution is 7.80. The third kappa shape index (κ3) is 1.10. The van der Waals surface area contributed by atoms with Gasteiger partial charge in [0.15, 0.2) is 5.11 Å². The summed E-state index contributed by atoms with van der Waals surface area (Å²) in [7, 11) is 0. The summed E-state index contributed by atoms with van der Waals surface area (Å²) in [4.78, 5) is 12.0. The van der Waals surface area contributed by atoms with E-state index in [-0.39, 0.29) is 11.1 Å². The first kappa shape index (κ1) is 6.28. The van der Waals surface area contributed by atoms with Gasteiger partial charge in [-0.05, 0) is 12.2 Å². The van der Waals surface area contributed by atoms with Crippen LogP contribution in [-0.2, 0) is 0 Å². The van der Waals surface area contributed by atoms with Crippen LogP contribution in [-0.4, -0.2) is 29.1 Å². The van der Waals surface area contributed by atoms with Crippen LogP contribution >= 0.6 is 12.2 Å². The molecule has 0 saturated carbocycles. The molecule has 0 radical (unpaired) electrons. The lowest BCUT2D eigenvalue weighted by Gasteiger charge is -2.09. The van der Waals surface area contributed by atoms with E-state index in [4.69, 9.17) is 5.73 Å². The maximum absolute atomic E-state index is 10.7. The molecule has 3 N–H and O–H groups in total. The minimum Gasteiger partial charge on any atom is -0.376 e. The lowest BCUT2D eigenvalue weighted by Crippen LogP contribution is -2.37. The monoisotopic (exact) mass is 145 g/mol. The Bertz CT molecular complexity index is 158. The number of carbonyl (C=O) groups is 1. The van der Waals surface area contributed by atoms with Gasteiger partial charge in [-0.2, -0.15) is 0 Å². The summed E-state index contributed by atoms with van der Waals surface area (Å²) in [5, 5.41) is 2.71. The summed E-state index contributed by atoms with van der Waals surface area (Å²) >= 11 is 4.58. The average Bonchev–Trinajstić information content (AvgIpc) is 2.13. The molecule has 0 aromatic carbocycles. The van der Waals surface area contributed by atoms with Gasteiger partial charge in [-0.3, -0.25) is 4.90 Å². The van der Waals surface area contributed by atoms with E-state index >= 15 is 0 Å². The second-order valence-corrected chi connectivity index (χ2v) is 2.14. The van der Waals surface area contributed by atoms with Crippen molar-refractivity contribution in [1.82, 2.24) is 10.2 Å². The number of carbonyl (C=O) groups excluding carboxylic acids is 1. The van der Waals surface area contributed by atoms with Crippen LogP contribution in [0.15, 0.2) is 0 Å². The maximum atomic E-state index is 10.7. The highest BCUT2D eigenvalue weighted by Crippen LogP contribution is 1.94.